The SMILES string of the molecule is CCc1nc(C)ccc1Oc1nc(C)nc(N)c1C. The number of aromatic nitrogens is 3. The van der Waals surface area contributed by atoms with Gasteiger partial charge in [0.05, 0.1) is 11.3 Å². The molecular weight excluding hydrogens is 240 g/mol. The second kappa shape index (κ2) is 5.22. The van der Waals surface area contributed by atoms with Gasteiger partial charge in [-0.1, -0.05) is 6.92 Å². The third-order valence-corrected chi connectivity index (χ3v) is 2.86. The fourth-order valence-electron chi connectivity index (χ4n) is 1.77. The van der Waals surface area contributed by atoms with Crippen LogP contribution >= 0.6 is 0 Å². The summed E-state index contributed by atoms with van der Waals surface area (Å²) in [4.78, 5) is 12.9. The van der Waals surface area contributed by atoms with E-state index in [2.05, 4.69) is 15.0 Å². The number of anilines is 1. The first-order valence-electron chi connectivity index (χ1n) is 6.26. The molecule has 0 fully saturated rings. The van der Waals surface area contributed by atoms with E-state index in [4.69, 9.17) is 10.5 Å². The van der Waals surface area contributed by atoms with Gasteiger partial charge in [-0.3, -0.25) is 4.98 Å². The number of pyridine rings is 1. The Morgan fingerprint density at radius 1 is 1.11 bits per heavy atom. The number of nitrogens with two attached hydrogens (primary N) is 1. The van der Waals surface area contributed by atoms with Crippen LogP contribution in [0.4, 0.5) is 5.82 Å². The molecule has 100 valence electrons. The summed E-state index contributed by atoms with van der Waals surface area (Å²) in [5.74, 6) is 2.25. The summed E-state index contributed by atoms with van der Waals surface area (Å²) in [5.41, 5.74) is 8.45. The predicted molar refractivity (Wildman–Crippen MR) is 74.3 cm³/mol. The van der Waals surface area contributed by atoms with Gasteiger partial charge in [0.15, 0.2) is 5.75 Å². The lowest BCUT2D eigenvalue weighted by molar-refractivity contribution is 0.447. The quantitative estimate of drug-likeness (QED) is 0.916. The molecule has 0 aliphatic carbocycles. The zero-order valence-corrected chi connectivity index (χ0v) is 11.7. The number of ether oxygens (including phenoxy) is 1. The van der Waals surface area contributed by atoms with E-state index in [0.717, 1.165) is 23.4 Å². The first-order valence-corrected chi connectivity index (χ1v) is 6.26. The largest absolute Gasteiger partial charge is 0.437 e. The molecule has 0 aliphatic rings. The molecule has 2 N–H and O–H groups in total. The summed E-state index contributed by atoms with van der Waals surface area (Å²) >= 11 is 0. The minimum absolute atomic E-state index is 0.445. The molecule has 2 aromatic heterocycles. The minimum Gasteiger partial charge on any atom is -0.437 e. The van der Waals surface area contributed by atoms with Gasteiger partial charge in [-0.25, -0.2) is 4.98 Å². The molecule has 0 aliphatic heterocycles. The van der Waals surface area contributed by atoms with Gasteiger partial charge in [-0.2, -0.15) is 4.98 Å². The van der Waals surface area contributed by atoms with Gasteiger partial charge in [-0.15, -0.1) is 0 Å². The molecule has 5 heteroatoms. The van der Waals surface area contributed by atoms with Crippen molar-refractivity contribution in [1.82, 2.24) is 15.0 Å². The van der Waals surface area contributed by atoms with Crippen LogP contribution in [0.2, 0.25) is 0 Å². The summed E-state index contributed by atoms with van der Waals surface area (Å²) in [6, 6.07) is 3.83. The van der Waals surface area contributed by atoms with Crippen LogP contribution in [0, 0.1) is 20.8 Å². The molecule has 2 aromatic rings. The molecular formula is C14H18N4O. The van der Waals surface area contributed by atoms with Crippen LogP contribution in [0.1, 0.15) is 29.7 Å². The molecule has 0 atom stereocenters. The highest BCUT2D eigenvalue weighted by Gasteiger charge is 2.11. The Labute approximate surface area is 112 Å². The van der Waals surface area contributed by atoms with Crippen molar-refractivity contribution in [3.8, 4) is 11.6 Å². The Kier molecular flexibility index (Phi) is 3.64. The normalized spacial score (nSPS) is 10.5. The number of nitrogens with zero attached hydrogens (tertiary/aromatic N) is 3. The Hall–Kier alpha value is -2.17. The Bertz CT molecular complexity index is 611. The molecule has 5 nitrogen and oxygen atoms in total. The number of aryl methyl sites for hydroxylation is 3. The van der Waals surface area contributed by atoms with E-state index in [1.807, 2.05) is 32.9 Å². The van der Waals surface area contributed by atoms with E-state index in [9.17, 15) is 0 Å². The molecule has 2 heterocycles. The fourth-order valence-corrected chi connectivity index (χ4v) is 1.77. The number of rotatable bonds is 3. The fraction of sp³-hybridized carbons (Fsp3) is 0.357. The van der Waals surface area contributed by atoms with Crippen LogP contribution < -0.4 is 10.5 Å². The molecule has 19 heavy (non-hydrogen) atoms. The van der Waals surface area contributed by atoms with Crippen molar-refractivity contribution < 1.29 is 4.74 Å². The van der Waals surface area contributed by atoms with Gasteiger partial charge in [-0.05, 0) is 39.3 Å². The minimum atomic E-state index is 0.445. The van der Waals surface area contributed by atoms with Crippen LogP contribution in [0.3, 0.4) is 0 Å². The average Bonchev–Trinajstić information content (AvgIpc) is 2.37. The highest BCUT2D eigenvalue weighted by Crippen LogP contribution is 2.27. The van der Waals surface area contributed by atoms with E-state index in [1.165, 1.54) is 0 Å². The van der Waals surface area contributed by atoms with Gasteiger partial charge in [0, 0.05) is 5.69 Å². The first-order chi connectivity index (χ1) is 9.01. The highest BCUT2D eigenvalue weighted by atomic mass is 16.5. The predicted octanol–water partition coefficient (Wildman–Crippen LogP) is 2.73. The third-order valence-electron chi connectivity index (χ3n) is 2.86. The lowest BCUT2D eigenvalue weighted by atomic mass is 10.2. The molecule has 0 aromatic carbocycles. The second-order valence-corrected chi connectivity index (χ2v) is 4.44. The molecule has 0 unspecified atom stereocenters. The average molecular weight is 258 g/mol. The Balaban J connectivity index is 2.41. The van der Waals surface area contributed by atoms with Crippen molar-refractivity contribution in [2.24, 2.45) is 0 Å². The second-order valence-electron chi connectivity index (χ2n) is 4.44. The number of nitrogen functional groups attached to an aromatic ring is 1. The molecule has 0 amide bonds. The van der Waals surface area contributed by atoms with Gasteiger partial charge < -0.3 is 10.5 Å². The van der Waals surface area contributed by atoms with Crippen molar-refractivity contribution in [2.75, 3.05) is 5.73 Å². The summed E-state index contributed by atoms with van der Waals surface area (Å²) in [7, 11) is 0. The summed E-state index contributed by atoms with van der Waals surface area (Å²) < 4.78 is 5.85. The van der Waals surface area contributed by atoms with E-state index in [0.29, 0.717) is 23.3 Å². The molecule has 0 saturated carbocycles. The van der Waals surface area contributed by atoms with Gasteiger partial charge >= 0.3 is 0 Å². The molecule has 2 rings (SSSR count). The lowest BCUT2D eigenvalue weighted by Crippen LogP contribution is -2.04. The smallest absolute Gasteiger partial charge is 0.227 e. The van der Waals surface area contributed by atoms with Crippen molar-refractivity contribution in [1.29, 1.82) is 0 Å². The van der Waals surface area contributed by atoms with Crippen LogP contribution in [0.5, 0.6) is 11.6 Å². The first kappa shape index (κ1) is 13.3. The maximum Gasteiger partial charge on any atom is 0.227 e. The summed E-state index contributed by atoms with van der Waals surface area (Å²) in [5, 5.41) is 0. The Morgan fingerprint density at radius 3 is 2.53 bits per heavy atom. The topological polar surface area (TPSA) is 73.9 Å². The van der Waals surface area contributed by atoms with Gasteiger partial charge in [0.2, 0.25) is 5.88 Å². The number of hydrogen-bond donors (Lipinski definition) is 1. The van der Waals surface area contributed by atoms with Crippen LogP contribution in [-0.4, -0.2) is 15.0 Å². The monoisotopic (exact) mass is 258 g/mol. The third kappa shape index (κ3) is 2.81. The van der Waals surface area contributed by atoms with Crippen LogP contribution in [0.25, 0.3) is 0 Å². The van der Waals surface area contributed by atoms with E-state index in [1.54, 1.807) is 6.92 Å². The van der Waals surface area contributed by atoms with Crippen LogP contribution in [0.15, 0.2) is 12.1 Å². The lowest BCUT2D eigenvalue weighted by Gasteiger charge is -2.12. The number of hydrogen-bond acceptors (Lipinski definition) is 5. The zero-order valence-electron chi connectivity index (χ0n) is 11.7. The molecule has 0 bridgehead atoms. The highest BCUT2D eigenvalue weighted by molar-refractivity contribution is 5.46. The van der Waals surface area contributed by atoms with Crippen LogP contribution in [-0.2, 0) is 6.42 Å². The summed E-state index contributed by atoms with van der Waals surface area (Å²) in [6.07, 6.45) is 0.801. The van der Waals surface area contributed by atoms with Crippen molar-refractivity contribution in [3.63, 3.8) is 0 Å². The standard InChI is InChI=1S/C14H18N4O/c1-5-11-12(7-6-8(2)16-11)19-14-9(3)13(15)17-10(4)18-14/h6-7H,5H2,1-4H3,(H2,15,17,18). The maximum atomic E-state index is 5.85. The van der Waals surface area contributed by atoms with Gasteiger partial charge in [0.25, 0.3) is 0 Å². The van der Waals surface area contributed by atoms with E-state index < -0.39 is 0 Å². The van der Waals surface area contributed by atoms with Crippen molar-refractivity contribution in [3.05, 3.63) is 34.9 Å². The Morgan fingerprint density at radius 2 is 1.84 bits per heavy atom. The zero-order chi connectivity index (χ0) is 14.0. The van der Waals surface area contributed by atoms with E-state index in [-0.39, 0.29) is 0 Å². The van der Waals surface area contributed by atoms with E-state index >= 15 is 0 Å². The molecule has 0 radical (unpaired) electrons. The van der Waals surface area contributed by atoms with Crippen molar-refractivity contribution >= 4 is 5.82 Å². The van der Waals surface area contributed by atoms with Gasteiger partial charge in [0.1, 0.15) is 11.6 Å². The molecule has 0 spiro atoms. The molecule has 0 saturated heterocycles. The maximum absolute atomic E-state index is 5.85. The van der Waals surface area contributed by atoms with Crippen molar-refractivity contribution in [2.45, 2.75) is 34.1 Å². The summed E-state index contributed by atoms with van der Waals surface area (Å²) in [6.45, 7) is 7.64.